The Bertz CT molecular complexity index is 552. The minimum Gasteiger partial charge on any atom is -0.395 e. The maximum absolute atomic E-state index is 13.5. The normalized spacial score (nSPS) is 12.3. The molecule has 0 saturated carbocycles. The lowest BCUT2D eigenvalue weighted by Crippen LogP contribution is -2.37. The van der Waals surface area contributed by atoms with Crippen LogP contribution in [0.15, 0.2) is 23.1 Å². The quantitative estimate of drug-likeness (QED) is 0.769. The fourth-order valence-corrected chi connectivity index (χ4v) is 3.34. The van der Waals surface area contributed by atoms with E-state index < -0.39 is 46.9 Å². The van der Waals surface area contributed by atoms with Gasteiger partial charge in [-0.1, -0.05) is 6.07 Å². The van der Waals surface area contributed by atoms with E-state index in [0.717, 1.165) is 18.2 Å². The predicted octanol–water partition coefficient (Wildman–Crippen LogP) is 0.532. The van der Waals surface area contributed by atoms with Crippen LogP contribution in [0.5, 0.6) is 0 Å². The van der Waals surface area contributed by atoms with Gasteiger partial charge in [0.25, 0.3) is 6.43 Å². The number of rotatable bonds is 7. The summed E-state index contributed by atoms with van der Waals surface area (Å²) >= 11 is 0. The third-order valence-electron chi connectivity index (χ3n) is 2.59. The molecule has 0 aliphatic rings. The molecule has 0 aromatic heterocycles. The van der Waals surface area contributed by atoms with Crippen LogP contribution in [-0.4, -0.2) is 44.0 Å². The van der Waals surface area contributed by atoms with E-state index in [0.29, 0.717) is 4.31 Å². The zero-order valence-corrected chi connectivity index (χ0v) is 11.3. The maximum atomic E-state index is 13.5. The molecule has 114 valence electrons. The molecule has 1 aromatic carbocycles. The highest BCUT2D eigenvalue weighted by Gasteiger charge is 2.29. The third-order valence-corrected chi connectivity index (χ3v) is 4.54. The molecule has 3 N–H and O–H groups in total. The van der Waals surface area contributed by atoms with Gasteiger partial charge in [-0.05, 0) is 12.1 Å². The predicted molar refractivity (Wildman–Crippen MR) is 66.1 cm³/mol. The molecule has 0 saturated heterocycles. The zero-order valence-electron chi connectivity index (χ0n) is 10.5. The maximum Gasteiger partial charge on any atom is 0.252 e. The second-order valence-electron chi connectivity index (χ2n) is 3.90. The highest BCUT2D eigenvalue weighted by Crippen LogP contribution is 2.22. The van der Waals surface area contributed by atoms with Gasteiger partial charge in [-0.3, -0.25) is 0 Å². The summed E-state index contributed by atoms with van der Waals surface area (Å²) in [6.45, 7) is -2.60. The first-order valence-corrected chi connectivity index (χ1v) is 7.15. The number of aliphatic hydroxyl groups is 1. The second kappa shape index (κ2) is 7.02. The second-order valence-corrected chi connectivity index (χ2v) is 5.80. The van der Waals surface area contributed by atoms with Crippen LogP contribution in [-0.2, 0) is 16.6 Å². The summed E-state index contributed by atoms with van der Waals surface area (Å²) < 4.78 is 63.3. The molecular weight excluding hydrogens is 297 g/mol. The van der Waals surface area contributed by atoms with Crippen LogP contribution in [0.4, 0.5) is 13.2 Å². The van der Waals surface area contributed by atoms with Gasteiger partial charge in [0.1, 0.15) is 5.82 Å². The van der Waals surface area contributed by atoms with Gasteiger partial charge in [-0.15, -0.1) is 0 Å². The first kappa shape index (κ1) is 16.9. The Hall–Kier alpha value is -1.16. The van der Waals surface area contributed by atoms with Crippen molar-refractivity contribution in [2.75, 3.05) is 19.7 Å². The summed E-state index contributed by atoms with van der Waals surface area (Å²) in [7, 11) is -4.35. The molecule has 0 fully saturated rings. The average molecular weight is 312 g/mol. The lowest BCUT2D eigenvalue weighted by atomic mass is 10.2. The van der Waals surface area contributed by atoms with Crippen molar-refractivity contribution in [1.82, 2.24) is 4.31 Å². The summed E-state index contributed by atoms with van der Waals surface area (Å²) in [5.74, 6) is -0.824. The van der Waals surface area contributed by atoms with Crippen LogP contribution in [0, 0.1) is 5.82 Å². The van der Waals surface area contributed by atoms with Gasteiger partial charge < -0.3 is 10.8 Å². The SMILES string of the molecule is NCc1c(F)cccc1S(=O)(=O)N(CCO)CC(F)F. The van der Waals surface area contributed by atoms with Crippen molar-refractivity contribution in [3.05, 3.63) is 29.6 Å². The van der Waals surface area contributed by atoms with E-state index in [-0.39, 0.29) is 12.1 Å². The summed E-state index contributed by atoms with van der Waals surface area (Å²) in [4.78, 5) is -0.464. The molecule has 0 unspecified atom stereocenters. The van der Waals surface area contributed by atoms with E-state index in [1.807, 2.05) is 0 Å². The van der Waals surface area contributed by atoms with Gasteiger partial charge in [-0.25, -0.2) is 21.6 Å². The molecule has 5 nitrogen and oxygen atoms in total. The number of hydrogen-bond acceptors (Lipinski definition) is 4. The summed E-state index contributed by atoms with van der Waals surface area (Å²) in [6.07, 6.45) is -2.91. The van der Waals surface area contributed by atoms with E-state index in [9.17, 15) is 21.6 Å². The Labute approximate surface area is 114 Å². The van der Waals surface area contributed by atoms with Crippen molar-refractivity contribution in [3.8, 4) is 0 Å². The van der Waals surface area contributed by atoms with Crippen LogP contribution in [0.1, 0.15) is 5.56 Å². The number of halogens is 3. The fraction of sp³-hybridized carbons (Fsp3) is 0.455. The smallest absolute Gasteiger partial charge is 0.252 e. The minimum absolute atomic E-state index is 0.273. The van der Waals surface area contributed by atoms with Crippen LogP contribution >= 0.6 is 0 Å². The Morgan fingerprint density at radius 1 is 1.35 bits per heavy atom. The number of nitrogens with two attached hydrogens (primary N) is 1. The standard InChI is InChI=1S/C11H15F3N2O3S/c12-9-2-1-3-10(8(9)6-15)20(18,19)16(4-5-17)7-11(13)14/h1-3,11,17H,4-7,15H2. The lowest BCUT2D eigenvalue weighted by molar-refractivity contribution is 0.113. The number of benzene rings is 1. The Balaban J connectivity index is 3.29. The molecule has 0 spiro atoms. The number of nitrogens with zero attached hydrogens (tertiary/aromatic N) is 1. The highest BCUT2D eigenvalue weighted by atomic mass is 32.2. The van der Waals surface area contributed by atoms with Crippen LogP contribution in [0.25, 0.3) is 0 Å². The third kappa shape index (κ3) is 3.69. The van der Waals surface area contributed by atoms with Gasteiger partial charge in [0, 0.05) is 18.7 Å². The Kier molecular flexibility index (Phi) is 5.93. The summed E-state index contributed by atoms with van der Waals surface area (Å²) in [5, 5.41) is 8.79. The molecule has 0 amide bonds. The molecule has 20 heavy (non-hydrogen) atoms. The van der Waals surface area contributed by atoms with E-state index in [2.05, 4.69) is 0 Å². The monoisotopic (exact) mass is 312 g/mol. The number of aliphatic hydroxyl groups excluding tert-OH is 1. The van der Waals surface area contributed by atoms with Crippen LogP contribution in [0.2, 0.25) is 0 Å². The van der Waals surface area contributed by atoms with Crippen LogP contribution in [0.3, 0.4) is 0 Å². The van der Waals surface area contributed by atoms with E-state index in [4.69, 9.17) is 10.8 Å². The van der Waals surface area contributed by atoms with Gasteiger partial charge in [0.15, 0.2) is 0 Å². The summed E-state index contributed by atoms with van der Waals surface area (Å²) in [5.41, 5.74) is 5.03. The molecule has 0 bridgehead atoms. The minimum atomic E-state index is -4.35. The summed E-state index contributed by atoms with van der Waals surface area (Å²) in [6, 6.07) is 3.28. The Morgan fingerprint density at radius 3 is 2.50 bits per heavy atom. The molecule has 0 aliphatic heterocycles. The largest absolute Gasteiger partial charge is 0.395 e. The van der Waals surface area contributed by atoms with Crippen LogP contribution < -0.4 is 5.73 Å². The first-order valence-electron chi connectivity index (χ1n) is 5.71. The molecular formula is C11H15F3N2O3S. The number of sulfonamides is 1. The van der Waals surface area contributed by atoms with E-state index >= 15 is 0 Å². The fourth-order valence-electron chi connectivity index (χ4n) is 1.69. The van der Waals surface area contributed by atoms with Gasteiger partial charge in [0.2, 0.25) is 10.0 Å². The van der Waals surface area contributed by atoms with E-state index in [1.54, 1.807) is 0 Å². The molecule has 9 heteroatoms. The molecule has 0 aliphatic carbocycles. The number of hydrogen-bond donors (Lipinski definition) is 2. The molecule has 1 aromatic rings. The molecule has 0 atom stereocenters. The molecule has 1 rings (SSSR count). The lowest BCUT2D eigenvalue weighted by Gasteiger charge is -2.22. The topological polar surface area (TPSA) is 83.6 Å². The van der Waals surface area contributed by atoms with Gasteiger partial charge in [-0.2, -0.15) is 4.31 Å². The average Bonchev–Trinajstić information content (AvgIpc) is 2.37. The van der Waals surface area contributed by atoms with Gasteiger partial charge in [0.05, 0.1) is 18.0 Å². The van der Waals surface area contributed by atoms with Crippen molar-refractivity contribution in [3.63, 3.8) is 0 Å². The molecule has 0 heterocycles. The highest BCUT2D eigenvalue weighted by molar-refractivity contribution is 7.89. The number of alkyl halides is 2. The van der Waals surface area contributed by atoms with Crippen molar-refractivity contribution in [1.29, 1.82) is 0 Å². The van der Waals surface area contributed by atoms with Gasteiger partial charge >= 0.3 is 0 Å². The van der Waals surface area contributed by atoms with Crippen molar-refractivity contribution >= 4 is 10.0 Å². The van der Waals surface area contributed by atoms with Crippen molar-refractivity contribution in [2.24, 2.45) is 5.73 Å². The Morgan fingerprint density at radius 2 is 2.00 bits per heavy atom. The molecule has 0 radical (unpaired) electrons. The van der Waals surface area contributed by atoms with E-state index in [1.165, 1.54) is 0 Å². The van der Waals surface area contributed by atoms with Crippen molar-refractivity contribution in [2.45, 2.75) is 17.9 Å². The first-order chi connectivity index (χ1) is 9.34. The van der Waals surface area contributed by atoms with Crippen molar-refractivity contribution < 1.29 is 26.7 Å². The zero-order chi connectivity index (χ0) is 15.3.